The molecule has 100 valence electrons. The molecule has 5 heteroatoms. The number of carbonyl (C=O) groups is 1. The van der Waals surface area contributed by atoms with Crippen LogP contribution in [0.25, 0.3) is 0 Å². The van der Waals surface area contributed by atoms with Gasteiger partial charge in [-0.25, -0.2) is 0 Å². The van der Waals surface area contributed by atoms with Gasteiger partial charge in [0.05, 0.1) is 16.3 Å². The monoisotopic (exact) mass is 270 g/mol. The number of carbonyl (C=O) groups excluding carboxylic acids is 1. The van der Waals surface area contributed by atoms with Crippen LogP contribution in [0.2, 0.25) is 5.02 Å². The van der Waals surface area contributed by atoms with E-state index in [1.807, 2.05) is 0 Å². The third-order valence-electron chi connectivity index (χ3n) is 2.40. The predicted molar refractivity (Wildman–Crippen MR) is 73.9 cm³/mol. The van der Waals surface area contributed by atoms with E-state index in [4.69, 9.17) is 22.1 Å². The van der Waals surface area contributed by atoms with Crippen molar-refractivity contribution in [2.75, 3.05) is 25.5 Å². The van der Waals surface area contributed by atoms with E-state index in [1.54, 1.807) is 18.2 Å². The number of hydrogen-bond acceptors (Lipinski definition) is 3. The standard InChI is InChI=1S/C13H19ClN2O2/c1-2-8-18-9-4-7-16-13(17)10-5-3-6-11(14)12(10)15/h3,5-6H,2,4,7-9,15H2,1H3,(H,16,17). The first-order valence-corrected chi connectivity index (χ1v) is 6.44. The Morgan fingerprint density at radius 3 is 2.94 bits per heavy atom. The molecular formula is C13H19ClN2O2. The third kappa shape index (κ3) is 4.55. The topological polar surface area (TPSA) is 64.3 Å². The predicted octanol–water partition coefficient (Wildman–Crippen LogP) is 2.47. The van der Waals surface area contributed by atoms with E-state index < -0.39 is 0 Å². The highest BCUT2D eigenvalue weighted by Gasteiger charge is 2.10. The van der Waals surface area contributed by atoms with E-state index in [2.05, 4.69) is 12.2 Å². The zero-order chi connectivity index (χ0) is 13.4. The summed E-state index contributed by atoms with van der Waals surface area (Å²) in [5.41, 5.74) is 6.47. The molecular weight excluding hydrogens is 252 g/mol. The maximum absolute atomic E-state index is 11.8. The molecule has 1 rings (SSSR count). The molecule has 3 N–H and O–H groups in total. The molecule has 4 nitrogen and oxygen atoms in total. The van der Waals surface area contributed by atoms with E-state index in [0.717, 1.165) is 19.4 Å². The zero-order valence-electron chi connectivity index (χ0n) is 10.5. The summed E-state index contributed by atoms with van der Waals surface area (Å²) in [6.07, 6.45) is 1.79. The fraction of sp³-hybridized carbons (Fsp3) is 0.462. The molecule has 0 aromatic heterocycles. The molecule has 0 saturated carbocycles. The largest absolute Gasteiger partial charge is 0.397 e. The van der Waals surface area contributed by atoms with Crippen molar-refractivity contribution < 1.29 is 9.53 Å². The van der Waals surface area contributed by atoms with Crippen molar-refractivity contribution in [2.45, 2.75) is 19.8 Å². The second kappa shape index (κ2) is 7.95. The molecule has 0 radical (unpaired) electrons. The molecule has 18 heavy (non-hydrogen) atoms. The first-order valence-electron chi connectivity index (χ1n) is 6.06. The molecule has 0 unspecified atom stereocenters. The Labute approximate surface area is 112 Å². The zero-order valence-corrected chi connectivity index (χ0v) is 11.3. The van der Waals surface area contributed by atoms with Crippen LogP contribution in [0, 0.1) is 0 Å². The van der Waals surface area contributed by atoms with Crippen LogP contribution in [0.4, 0.5) is 5.69 Å². The Bertz CT molecular complexity index is 397. The number of ether oxygens (including phenoxy) is 1. The Balaban J connectivity index is 2.35. The second-order valence-corrected chi connectivity index (χ2v) is 4.33. The van der Waals surface area contributed by atoms with Crippen molar-refractivity contribution in [3.63, 3.8) is 0 Å². The highest BCUT2D eigenvalue weighted by atomic mass is 35.5. The average Bonchev–Trinajstić information content (AvgIpc) is 2.36. The van der Waals surface area contributed by atoms with Gasteiger partial charge in [0.2, 0.25) is 0 Å². The summed E-state index contributed by atoms with van der Waals surface area (Å²) in [6, 6.07) is 5.02. The lowest BCUT2D eigenvalue weighted by atomic mass is 10.1. The van der Waals surface area contributed by atoms with Gasteiger partial charge in [-0.3, -0.25) is 4.79 Å². The number of para-hydroxylation sites is 1. The highest BCUT2D eigenvalue weighted by molar-refractivity contribution is 6.33. The molecule has 1 amide bonds. The molecule has 1 aromatic carbocycles. The van der Waals surface area contributed by atoms with Gasteiger partial charge in [0.1, 0.15) is 0 Å². The third-order valence-corrected chi connectivity index (χ3v) is 2.73. The fourth-order valence-electron chi connectivity index (χ4n) is 1.45. The maximum atomic E-state index is 11.8. The molecule has 0 saturated heterocycles. The Morgan fingerprint density at radius 2 is 2.22 bits per heavy atom. The molecule has 0 aliphatic heterocycles. The Kier molecular flexibility index (Phi) is 6.54. The van der Waals surface area contributed by atoms with Crippen LogP contribution in [-0.2, 0) is 4.74 Å². The quantitative estimate of drug-likeness (QED) is 0.591. The lowest BCUT2D eigenvalue weighted by molar-refractivity contribution is 0.0942. The van der Waals surface area contributed by atoms with Gasteiger partial charge in [-0.15, -0.1) is 0 Å². The van der Waals surface area contributed by atoms with Crippen LogP contribution in [0.1, 0.15) is 30.1 Å². The number of rotatable bonds is 7. The van der Waals surface area contributed by atoms with Gasteiger partial charge in [-0.2, -0.15) is 0 Å². The summed E-state index contributed by atoms with van der Waals surface area (Å²) in [7, 11) is 0. The minimum atomic E-state index is -0.203. The number of hydrogen-bond donors (Lipinski definition) is 2. The van der Waals surface area contributed by atoms with Gasteiger partial charge < -0.3 is 15.8 Å². The van der Waals surface area contributed by atoms with Crippen molar-refractivity contribution in [3.8, 4) is 0 Å². The van der Waals surface area contributed by atoms with Gasteiger partial charge in [0, 0.05) is 19.8 Å². The van der Waals surface area contributed by atoms with Crippen LogP contribution in [0.5, 0.6) is 0 Å². The minimum Gasteiger partial charge on any atom is -0.397 e. The molecule has 0 atom stereocenters. The summed E-state index contributed by atoms with van der Waals surface area (Å²) in [5.74, 6) is -0.203. The molecule has 0 aliphatic carbocycles. The number of nitrogen functional groups attached to an aromatic ring is 1. The number of nitrogens with one attached hydrogen (secondary N) is 1. The Hall–Kier alpha value is -1.26. The number of benzene rings is 1. The average molecular weight is 271 g/mol. The smallest absolute Gasteiger partial charge is 0.253 e. The SMILES string of the molecule is CCCOCCCNC(=O)c1cccc(Cl)c1N. The minimum absolute atomic E-state index is 0.203. The highest BCUT2D eigenvalue weighted by Crippen LogP contribution is 2.21. The summed E-state index contributed by atoms with van der Waals surface area (Å²) >= 11 is 5.85. The lowest BCUT2D eigenvalue weighted by Crippen LogP contribution is -2.26. The summed E-state index contributed by atoms with van der Waals surface area (Å²) in [5, 5.41) is 3.18. The molecule has 1 aromatic rings. The first kappa shape index (κ1) is 14.8. The van der Waals surface area contributed by atoms with E-state index in [9.17, 15) is 4.79 Å². The van der Waals surface area contributed by atoms with Gasteiger partial charge in [-0.1, -0.05) is 24.6 Å². The van der Waals surface area contributed by atoms with Crippen molar-refractivity contribution in [1.82, 2.24) is 5.32 Å². The van der Waals surface area contributed by atoms with Gasteiger partial charge >= 0.3 is 0 Å². The van der Waals surface area contributed by atoms with Crippen LogP contribution in [-0.4, -0.2) is 25.7 Å². The first-order chi connectivity index (χ1) is 8.66. The van der Waals surface area contributed by atoms with Crippen molar-refractivity contribution in [1.29, 1.82) is 0 Å². The van der Waals surface area contributed by atoms with Gasteiger partial charge in [0.15, 0.2) is 0 Å². The normalized spacial score (nSPS) is 10.3. The van der Waals surface area contributed by atoms with Gasteiger partial charge in [-0.05, 0) is 25.0 Å². The number of amides is 1. The summed E-state index contributed by atoms with van der Waals surface area (Å²) in [6.45, 7) is 4.03. The van der Waals surface area contributed by atoms with E-state index in [-0.39, 0.29) is 5.91 Å². The van der Waals surface area contributed by atoms with Crippen LogP contribution in [0.15, 0.2) is 18.2 Å². The second-order valence-electron chi connectivity index (χ2n) is 3.92. The van der Waals surface area contributed by atoms with Crippen molar-refractivity contribution in [2.24, 2.45) is 0 Å². The summed E-state index contributed by atoms with van der Waals surface area (Å²) in [4.78, 5) is 11.8. The molecule has 0 bridgehead atoms. The maximum Gasteiger partial charge on any atom is 0.253 e. The molecule has 0 aliphatic rings. The van der Waals surface area contributed by atoms with Crippen LogP contribution < -0.4 is 11.1 Å². The Morgan fingerprint density at radius 1 is 1.44 bits per heavy atom. The van der Waals surface area contributed by atoms with Crippen LogP contribution >= 0.6 is 11.6 Å². The van der Waals surface area contributed by atoms with Gasteiger partial charge in [0.25, 0.3) is 5.91 Å². The molecule has 0 heterocycles. The van der Waals surface area contributed by atoms with Crippen molar-refractivity contribution >= 4 is 23.2 Å². The van der Waals surface area contributed by atoms with E-state index in [0.29, 0.717) is 29.4 Å². The number of nitrogens with two attached hydrogens (primary N) is 1. The van der Waals surface area contributed by atoms with Crippen molar-refractivity contribution in [3.05, 3.63) is 28.8 Å². The molecule has 0 spiro atoms. The fourth-order valence-corrected chi connectivity index (χ4v) is 1.63. The van der Waals surface area contributed by atoms with E-state index >= 15 is 0 Å². The number of halogens is 1. The molecule has 0 fully saturated rings. The number of anilines is 1. The van der Waals surface area contributed by atoms with Crippen LogP contribution in [0.3, 0.4) is 0 Å². The lowest BCUT2D eigenvalue weighted by Gasteiger charge is -2.08. The van der Waals surface area contributed by atoms with E-state index in [1.165, 1.54) is 0 Å². The summed E-state index contributed by atoms with van der Waals surface area (Å²) < 4.78 is 5.32.